The molecule has 0 aromatic carbocycles. The first-order chi connectivity index (χ1) is 8.35. The maximum Gasteiger partial charge on any atom is 0.213 e. The highest BCUT2D eigenvalue weighted by Gasteiger charge is 2.25. The Hall–Kier alpha value is -0.170. The van der Waals surface area contributed by atoms with Crippen molar-refractivity contribution in [3.8, 4) is 0 Å². The molecule has 1 atom stereocenters. The molecule has 5 nitrogen and oxygen atoms in total. The van der Waals surface area contributed by atoms with E-state index in [1.54, 1.807) is 7.11 Å². The second-order valence-electron chi connectivity index (χ2n) is 5.80. The number of nitrogens with one attached hydrogen (secondary N) is 2. The van der Waals surface area contributed by atoms with Gasteiger partial charge in [0.25, 0.3) is 0 Å². The summed E-state index contributed by atoms with van der Waals surface area (Å²) in [6.45, 7) is 6.13. The van der Waals surface area contributed by atoms with Gasteiger partial charge in [0.05, 0.1) is 5.75 Å². The monoisotopic (exact) mass is 278 g/mol. The Bertz CT molecular complexity index is 335. The molecule has 0 saturated carbocycles. The van der Waals surface area contributed by atoms with Crippen LogP contribution in [0.5, 0.6) is 0 Å². The molecule has 18 heavy (non-hydrogen) atoms. The van der Waals surface area contributed by atoms with Crippen molar-refractivity contribution in [3.05, 3.63) is 0 Å². The van der Waals surface area contributed by atoms with E-state index in [1.165, 1.54) is 0 Å². The topological polar surface area (TPSA) is 67.4 Å². The molecule has 2 N–H and O–H groups in total. The van der Waals surface area contributed by atoms with Gasteiger partial charge in [-0.15, -0.1) is 0 Å². The highest BCUT2D eigenvalue weighted by molar-refractivity contribution is 7.89. The third kappa shape index (κ3) is 6.13. The third-order valence-electron chi connectivity index (χ3n) is 3.34. The van der Waals surface area contributed by atoms with Crippen LogP contribution in [-0.2, 0) is 14.8 Å². The molecule has 0 aromatic rings. The fourth-order valence-electron chi connectivity index (χ4n) is 1.99. The number of hydrogen-bond donors (Lipinski definition) is 2. The van der Waals surface area contributed by atoms with Gasteiger partial charge in [0, 0.05) is 26.3 Å². The fraction of sp³-hybridized carbons (Fsp3) is 1.00. The molecule has 1 fully saturated rings. The molecular formula is C12H26N2O3S. The SMILES string of the molecule is COCCC(C)(C)CNS(=O)(=O)CC1CCCN1. The smallest absolute Gasteiger partial charge is 0.213 e. The molecule has 6 heteroatoms. The number of rotatable bonds is 8. The van der Waals surface area contributed by atoms with Crippen LogP contribution in [0.15, 0.2) is 0 Å². The van der Waals surface area contributed by atoms with Crippen LogP contribution in [-0.4, -0.2) is 47.0 Å². The minimum atomic E-state index is -3.18. The van der Waals surface area contributed by atoms with E-state index in [9.17, 15) is 8.42 Å². The minimum absolute atomic E-state index is 0.0772. The maximum absolute atomic E-state index is 11.9. The average molecular weight is 278 g/mol. The second-order valence-corrected chi connectivity index (χ2v) is 7.65. The summed E-state index contributed by atoms with van der Waals surface area (Å²) < 4.78 is 31.6. The van der Waals surface area contributed by atoms with E-state index in [0.717, 1.165) is 25.8 Å². The largest absolute Gasteiger partial charge is 0.385 e. The summed E-state index contributed by atoms with van der Waals surface area (Å²) in [5.74, 6) is 0.188. The summed E-state index contributed by atoms with van der Waals surface area (Å²) in [5, 5.41) is 3.20. The number of sulfonamides is 1. The molecule has 1 unspecified atom stereocenters. The molecule has 1 heterocycles. The van der Waals surface area contributed by atoms with E-state index in [1.807, 2.05) is 13.8 Å². The summed E-state index contributed by atoms with van der Waals surface area (Å²) in [6.07, 6.45) is 2.86. The molecule has 0 spiro atoms. The molecule has 0 amide bonds. The first-order valence-corrected chi connectivity index (χ1v) is 8.19. The lowest BCUT2D eigenvalue weighted by Crippen LogP contribution is -2.40. The van der Waals surface area contributed by atoms with Crippen LogP contribution in [0.2, 0.25) is 0 Å². The maximum atomic E-state index is 11.9. The van der Waals surface area contributed by atoms with Crippen molar-refractivity contribution < 1.29 is 13.2 Å². The van der Waals surface area contributed by atoms with Crippen molar-refractivity contribution in [2.24, 2.45) is 5.41 Å². The average Bonchev–Trinajstić information content (AvgIpc) is 2.76. The zero-order valence-corrected chi connectivity index (χ0v) is 12.5. The van der Waals surface area contributed by atoms with Crippen LogP contribution in [0.4, 0.5) is 0 Å². The Kier molecular flexibility index (Phi) is 6.04. The van der Waals surface area contributed by atoms with E-state index < -0.39 is 10.0 Å². The molecule has 0 aromatic heterocycles. The molecule has 1 aliphatic heterocycles. The van der Waals surface area contributed by atoms with Gasteiger partial charge in [-0.1, -0.05) is 13.8 Å². The van der Waals surface area contributed by atoms with Crippen molar-refractivity contribution in [1.82, 2.24) is 10.0 Å². The van der Waals surface area contributed by atoms with Gasteiger partial charge in [-0.25, -0.2) is 13.1 Å². The van der Waals surface area contributed by atoms with Gasteiger partial charge in [-0.2, -0.15) is 0 Å². The van der Waals surface area contributed by atoms with Gasteiger partial charge in [0.2, 0.25) is 10.0 Å². The highest BCUT2D eigenvalue weighted by Crippen LogP contribution is 2.19. The van der Waals surface area contributed by atoms with Gasteiger partial charge in [-0.05, 0) is 31.2 Å². The lowest BCUT2D eigenvalue weighted by Gasteiger charge is -2.25. The van der Waals surface area contributed by atoms with Crippen molar-refractivity contribution in [3.63, 3.8) is 0 Å². The summed E-state index contributed by atoms with van der Waals surface area (Å²) in [6, 6.07) is 0.115. The molecule has 1 aliphatic rings. The van der Waals surface area contributed by atoms with Crippen molar-refractivity contribution >= 4 is 10.0 Å². The number of hydrogen-bond acceptors (Lipinski definition) is 4. The van der Waals surface area contributed by atoms with Crippen molar-refractivity contribution in [2.75, 3.05) is 32.6 Å². The minimum Gasteiger partial charge on any atom is -0.385 e. The summed E-state index contributed by atoms with van der Waals surface area (Å²) in [7, 11) is -1.52. The van der Waals surface area contributed by atoms with Gasteiger partial charge >= 0.3 is 0 Å². The van der Waals surface area contributed by atoms with Gasteiger partial charge in [0.15, 0.2) is 0 Å². The van der Waals surface area contributed by atoms with E-state index in [0.29, 0.717) is 13.2 Å². The van der Waals surface area contributed by atoms with Gasteiger partial charge in [0.1, 0.15) is 0 Å². The zero-order chi connectivity index (χ0) is 13.6. The van der Waals surface area contributed by atoms with Crippen molar-refractivity contribution in [1.29, 1.82) is 0 Å². The first-order valence-electron chi connectivity index (χ1n) is 6.54. The standard InChI is InChI=1S/C12H26N2O3S/c1-12(2,6-8-17-3)10-14-18(15,16)9-11-5-4-7-13-11/h11,13-14H,4-10H2,1-3H3. The Morgan fingerprint density at radius 2 is 2.17 bits per heavy atom. The van der Waals surface area contributed by atoms with Gasteiger partial charge < -0.3 is 10.1 Å². The number of methoxy groups -OCH3 is 1. The van der Waals surface area contributed by atoms with Crippen molar-refractivity contribution in [2.45, 2.75) is 39.2 Å². The lowest BCUT2D eigenvalue weighted by atomic mass is 9.90. The van der Waals surface area contributed by atoms with Crippen LogP contribution in [0.3, 0.4) is 0 Å². The van der Waals surface area contributed by atoms with Crippen LogP contribution < -0.4 is 10.0 Å². The third-order valence-corrected chi connectivity index (χ3v) is 4.76. The molecular weight excluding hydrogens is 252 g/mol. The summed E-state index contributed by atoms with van der Waals surface area (Å²) >= 11 is 0. The quantitative estimate of drug-likeness (QED) is 0.686. The molecule has 0 bridgehead atoms. The summed E-state index contributed by atoms with van der Waals surface area (Å²) in [4.78, 5) is 0. The van der Waals surface area contributed by atoms with E-state index in [4.69, 9.17) is 4.74 Å². The van der Waals surface area contributed by atoms with E-state index in [2.05, 4.69) is 10.0 Å². The van der Waals surface area contributed by atoms with Gasteiger partial charge in [-0.3, -0.25) is 0 Å². The summed E-state index contributed by atoms with van der Waals surface area (Å²) in [5.41, 5.74) is -0.0772. The Labute approximate surface area is 111 Å². The Balaban J connectivity index is 2.35. The van der Waals surface area contributed by atoms with Crippen LogP contribution >= 0.6 is 0 Å². The zero-order valence-electron chi connectivity index (χ0n) is 11.7. The molecule has 0 aliphatic carbocycles. The fourth-order valence-corrected chi connectivity index (χ4v) is 3.54. The highest BCUT2D eigenvalue weighted by atomic mass is 32.2. The first kappa shape index (κ1) is 15.9. The normalized spacial score (nSPS) is 21.4. The lowest BCUT2D eigenvalue weighted by molar-refractivity contribution is 0.153. The van der Waals surface area contributed by atoms with E-state index in [-0.39, 0.29) is 17.2 Å². The molecule has 108 valence electrons. The molecule has 1 saturated heterocycles. The number of ether oxygens (including phenoxy) is 1. The second kappa shape index (κ2) is 6.84. The predicted molar refractivity (Wildman–Crippen MR) is 73.1 cm³/mol. The molecule has 0 radical (unpaired) electrons. The Morgan fingerprint density at radius 3 is 2.72 bits per heavy atom. The van der Waals surface area contributed by atoms with E-state index >= 15 is 0 Å². The van der Waals surface area contributed by atoms with Crippen LogP contribution in [0.25, 0.3) is 0 Å². The predicted octanol–water partition coefficient (Wildman–Crippen LogP) is 0.721. The van der Waals surface area contributed by atoms with Crippen LogP contribution in [0.1, 0.15) is 33.1 Å². The van der Waals surface area contributed by atoms with Crippen LogP contribution in [0, 0.1) is 5.41 Å². The molecule has 1 rings (SSSR count). The Morgan fingerprint density at radius 1 is 1.44 bits per heavy atom.